The zero-order valence-corrected chi connectivity index (χ0v) is 22.9. The van der Waals surface area contributed by atoms with Crippen molar-refractivity contribution in [2.45, 2.75) is 24.8 Å². The number of nitro groups is 1. The van der Waals surface area contributed by atoms with E-state index in [2.05, 4.69) is 4.99 Å². The molecule has 0 aliphatic carbocycles. The quantitative estimate of drug-likeness (QED) is 0.139. The number of hydrogen-bond donors (Lipinski definition) is 0. The van der Waals surface area contributed by atoms with Crippen molar-refractivity contribution in [1.29, 1.82) is 0 Å². The third kappa shape index (κ3) is 5.10. The van der Waals surface area contributed by atoms with Crippen LogP contribution in [0.1, 0.15) is 31.2 Å². The molecule has 1 atom stereocenters. The van der Waals surface area contributed by atoms with E-state index >= 15 is 0 Å². The number of thioether (sulfide) groups is 1. The van der Waals surface area contributed by atoms with Gasteiger partial charge in [0, 0.05) is 28.7 Å². The summed E-state index contributed by atoms with van der Waals surface area (Å²) in [6, 6.07) is 16.5. The Hall–Kier alpha value is -4.22. The maximum atomic E-state index is 13.7. The van der Waals surface area contributed by atoms with Crippen LogP contribution in [0.15, 0.2) is 91.0 Å². The highest BCUT2D eigenvalue weighted by Gasteiger charge is 2.33. The number of aromatic nitrogens is 1. The minimum atomic E-state index is -0.689. The Bertz CT molecular complexity index is 1780. The Morgan fingerprint density at radius 2 is 1.90 bits per heavy atom. The Morgan fingerprint density at radius 3 is 2.54 bits per heavy atom. The smallest absolute Gasteiger partial charge is 0.338 e. The lowest BCUT2D eigenvalue weighted by atomic mass is 9.96. The molecule has 198 valence electrons. The van der Waals surface area contributed by atoms with Gasteiger partial charge in [-0.3, -0.25) is 19.5 Å². The third-order valence-corrected chi connectivity index (χ3v) is 7.94. The molecule has 1 aliphatic rings. The number of rotatable bonds is 7. The third-order valence-electron chi connectivity index (χ3n) is 6.21. The number of carbonyl (C=O) groups excluding carboxylic acids is 1. The number of allylic oxidation sites excluding steroid dienone is 1. The number of nitrogens with zero attached hydrogens (tertiary/aromatic N) is 3. The van der Waals surface area contributed by atoms with E-state index in [1.807, 2.05) is 30.5 Å². The number of carbonyl (C=O) groups is 1. The summed E-state index contributed by atoms with van der Waals surface area (Å²) < 4.78 is 13.2. The highest BCUT2D eigenvalue weighted by atomic mass is 32.2. The zero-order chi connectivity index (χ0) is 27.7. The van der Waals surface area contributed by atoms with Crippen molar-refractivity contribution < 1.29 is 18.9 Å². The number of nitro benzene ring substituents is 1. The molecule has 9 nitrogen and oxygen atoms in total. The van der Waals surface area contributed by atoms with Gasteiger partial charge in [-0.05, 0) is 62.1 Å². The van der Waals surface area contributed by atoms with E-state index in [0.717, 1.165) is 10.5 Å². The second kappa shape index (κ2) is 10.9. The summed E-state index contributed by atoms with van der Waals surface area (Å²) in [7, 11) is 0. The van der Waals surface area contributed by atoms with E-state index in [4.69, 9.17) is 9.15 Å². The minimum Gasteiger partial charge on any atom is -0.463 e. The highest BCUT2D eigenvalue weighted by Crippen LogP contribution is 2.32. The summed E-state index contributed by atoms with van der Waals surface area (Å²) in [5, 5.41) is 10.9. The van der Waals surface area contributed by atoms with Crippen LogP contribution in [0, 0.1) is 10.1 Å². The molecule has 1 aliphatic heterocycles. The Morgan fingerprint density at radius 1 is 1.18 bits per heavy atom. The molecule has 2 aromatic heterocycles. The molecule has 0 bridgehead atoms. The summed E-state index contributed by atoms with van der Waals surface area (Å²) >= 11 is 2.81. The topological polar surface area (TPSA) is 117 Å². The normalized spacial score (nSPS) is 15.2. The van der Waals surface area contributed by atoms with Crippen LogP contribution in [0.25, 0.3) is 17.4 Å². The van der Waals surface area contributed by atoms with Gasteiger partial charge in [0.15, 0.2) is 4.80 Å². The fraction of sp³-hybridized carbons (Fsp3) is 0.179. The van der Waals surface area contributed by atoms with Gasteiger partial charge in [-0.2, -0.15) is 0 Å². The molecule has 39 heavy (non-hydrogen) atoms. The predicted molar refractivity (Wildman–Crippen MR) is 149 cm³/mol. The highest BCUT2D eigenvalue weighted by molar-refractivity contribution is 7.98. The molecule has 0 spiro atoms. The van der Waals surface area contributed by atoms with Gasteiger partial charge in [0.05, 0.1) is 33.4 Å². The number of benzene rings is 2. The molecule has 5 rings (SSSR count). The standard InChI is InChI=1S/C28H23N3O6S2/c1-4-36-27(33)24-16(2)29-28-30(25(24)18-7-12-21(38-3)13-8-18)26(32)23(39-28)15-20-11-14-22(37-20)17-5-9-19(10-6-17)31(34)35/h5-15,25H,4H2,1-3H3. The van der Waals surface area contributed by atoms with Gasteiger partial charge in [-0.15, -0.1) is 11.8 Å². The van der Waals surface area contributed by atoms with Gasteiger partial charge >= 0.3 is 5.97 Å². The van der Waals surface area contributed by atoms with Crippen molar-refractivity contribution in [2.24, 2.45) is 4.99 Å². The number of ether oxygens (including phenoxy) is 1. The average Bonchev–Trinajstić information content (AvgIpc) is 3.52. The van der Waals surface area contributed by atoms with Crippen LogP contribution in [-0.4, -0.2) is 28.3 Å². The maximum absolute atomic E-state index is 13.7. The number of thiazole rings is 1. The van der Waals surface area contributed by atoms with Crippen LogP contribution in [0.5, 0.6) is 0 Å². The van der Waals surface area contributed by atoms with E-state index in [0.29, 0.717) is 37.7 Å². The number of non-ortho nitro benzene ring substituents is 1. The summed E-state index contributed by atoms with van der Waals surface area (Å²) in [5.41, 5.74) is 1.95. The number of esters is 1. The van der Waals surface area contributed by atoms with Crippen molar-refractivity contribution >= 4 is 40.8 Å². The lowest BCUT2D eigenvalue weighted by molar-refractivity contribution is -0.384. The zero-order valence-electron chi connectivity index (χ0n) is 21.2. The number of furan rings is 1. The SMILES string of the molecule is CCOC(=O)C1=C(C)N=c2sc(=Cc3ccc(-c4ccc([N+](=O)[O-])cc4)o3)c(=O)n2C1c1ccc(SC)cc1. The largest absolute Gasteiger partial charge is 0.463 e. The summed E-state index contributed by atoms with van der Waals surface area (Å²) in [4.78, 5) is 43.3. The molecule has 0 amide bonds. The summed E-state index contributed by atoms with van der Waals surface area (Å²) in [6.45, 7) is 3.68. The van der Waals surface area contributed by atoms with Crippen molar-refractivity contribution in [3.63, 3.8) is 0 Å². The van der Waals surface area contributed by atoms with Crippen LogP contribution in [0.2, 0.25) is 0 Å². The predicted octanol–water partition coefficient (Wildman–Crippen LogP) is 4.69. The van der Waals surface area contributed by atoms with Crippen LogP contribution in [0.4, 0.5) is 5.69 Å². The first-order valence-electron chi connectivity index (χ1n) is 12.0. The first-order valence-corrected chi connectivity index (χ1v) is 14.0. The fourth-order valence-corrected chi connectivity index (χ4v) is 5.79. The molecule has 11 heteroatoms. The Labute approximate surface area is 230 Å². The number of hydrogen-bond acceptors (Lipinski definition) is 9. The van der Waals surface area contributed by atoms with Gasteiger partial charge in [0.25, 0.3) is 11.2 Å². The fourth-order valence-electron chi connectivity index (χ4n) is 4.36. The minimum absolute atomic E-state index is 0.0123. The second-order valence-electron chi connectivity index (χ2n) is 8.58. The first kappa shape index (κ1) is 26.4. The first-order chi connectivity index (χ1) is 18.8. The van der Waals surface area contributed by atoms with Crippen molar-refractivity contribution in [1.82, 2.24) is 4.57 Å². The number of fused-ring (bicyclic) bond motifs is 1. The average molecular weight is 562 g/mol. The molecule has 4 aromatic rings. The molecule has 2 aromatic carbocycles. The van der Waals surface area contributed by atoms with E-state index in [-0.39, 0.29) is 17.9 Å². The van der Waals surface area contributed by atoms with E-state index in [1.165, 1.54) is 28.0 Å². The van der Waals surface area contributed by atoms with Crippen LogP contribution in [0.3, 0.4) is 0 Å². The van der Waals surface area contributed by atoms with Gasteiger partial charge in [0.1, 0.15) is 11.5 Å². The van der Waals surface area contributed by atoms with Gasteiger partial charge in [0.2, 0.25) is 0 Å². The van der Waals surface area contributed by atoms with Gasteiger partial charge in [-0.25, -0.2) is 9.79 Å². The van der Waals surface area contributed by atoms with Crippen molar-refractivity contribution in [3.8, 4) is 11.3 Å². The molecule has 0 fully saturated rings. The molecule has 0 saturated heterocycles. The van der Waals surface area contributed by atoms with Crippen molar-refractivity contribution in [2.75, 3.05) is 12.9 Å². The lowest BCUT2D eigenvalue weighted by Crippen LogP contribution is -2.39. The van der Waals surface area contributed by atoms with Crippen LogP contribution < -0.4 is 14.9 Å². The van der Waals surface area contributed by atoms with E-state index in [9.17, 15) is 19.7 Å². The van der Waals surface area contributed by atoms with Gasteiger partial charge < -0.3 is 9.15 Å². The molecule has 1 unspecified atom stereocenters. The Kier molecular flexibility index (Phi) is 7.36. The summed E-state index contributed by atoms with van der Waals surface area (Å²) in [6.07, 6.45) is 3.61. The Balaban J connectivity index is 1.59. The maximum Gasteiger partial charge on any atom is 0.338 e. The van der Waals surface area contributed by atoms with E-state index < -0.39 is 16.9 Å². The van der Waals surface area contributed by atoms with Crippen LogP contribution in [-0.2, 0) is 9.53 Å². The summed E-state index contributed by atoms with van der Waals surface area (Å²) in [5.74, 6) is 0.442. The molecule has 0 N–H and O–H groups in total. The molecule has 0 saturated carbocycles. The monoisotopic (exact) mass is 561 g/mol. The molecular formula is C28H23N3O6S2. The van der Waals surface area contributed by atoms with E-state index in [1.54, 1.807) is 56.0 Å². The molecular weight excluding hydrogens is 538 g/mol. The van der Waals surface area contributed by atoms with Crippen molar-refractivity contribution in [3.05, 3.63) is 113 Å². The van der Waals surface area contributed by atoms with Gasteiger partial charge in [-0.1, -0.05) is 23.5 Å². The molecule has 3 heterocycles. The molecule has 0 radical (unpaired) electrons. The van der Waals surface area contributed by atoms with Crippen LogP contribution >= 0.6 is 23.1 Å². The second-order valence-corrected chi connectivity index (χ2v) is 10.5. The lowest BCUT2D eigenvalue weighted by Gasteiger charge is -2.24.